The summed E-state index contributed by atoms with van der Waals surface area (Å²) in [6, 6.07) is 0. The molecule has 2 rings (SSSR count). The van der Waals surface area contributed by atoms with E-state index in [4.69, 9.17) is 11.5 Å². The molecule has 6 nitrogen and oxygen atoms in total. The van der Waals surface area contributed by atoms with Gasteiger partial charge in [-0.15, -0.1) is 0 Å². The van der Waals surface area contributed by atoms with Crippen molar-refractivity contribution in [3.8, 4) is 0 Å². The van der Waals surface area contributed by atoms with E-state index in [0.717, 1.165) is 38.8 Å². The summed E-state index contributed by atoms with van der Waals surface area (Å²) < 4.78 is 4.63. The molecule has 1 saturated carbocycles. The van der Waals surface area contributed by atoms with Gasteiger partial charge in [0.15, 0.2) is 0 Å². The Kier molecular flexibility index (Phi) is 6.41. The van der Waals surface area contributed by atoms with Crippen LogP contribution in [-0.2, 0) is 14.3 Å². The zero-order chi connectivity index (χ0) is 14.3. The summed E-state index contributed by atoms with van der Waals surface area (Å²) in [6.07, 6.45) is 3.71. The Morgan fingerprint density at radius 3 is 2.42 bits per heavy atom. The minimum atomic E-state index is -0.491. The van der Waals surface area contributed by atoms with Crippen molar-refractivity contribution in [1.82, 2.24) is 5.32 Å². The van der Waals surface area contributed by atoms with Gasteiger partial charge in [-0.1, -0.05) is 12.8 Å². The van der Waals surface area contributed by atoms with Gasteiger partial charge in [0.05, 0.1) is 11.3 Å². The van der Waals surface area contributed by atoms with Gasteiger partial charge >= 0.3 is 11.9 Å². The fraction of sp³-hybridized carbons (Fsp3) is 0.846. The molecule has 0 radical (unpaired) electrons. The van der Waals surface area contributed by atoms with Crippen LogP contribution in [0.5, 0.6) is 0 Å². The van der Waals surface area contributed by atoms with Crippen molar-refractivity contribution in [2.75, 3.05) is 26.2 Å². The maximum atomic E-state index is 11.3. The Balaban J connectivity index is 0.000000224. The number of carbonyl (C=O) groups is 2. The number of nitrogens with one attached hydrogen (secondary N) is 1. The van der Waals surface area contributed by atoms with Crippen molar-refractivity contribution in [3.05, 3.63) is 0 Å². The number of hydrogen-bond donors (Lipinski definition) is 3. The molecule has 2 unspecified atom stereocenters. The maximum absolute atomic E-state index is 11.3. The van der Waals surface area contributed by atoms with Crippen molar-refractivity contribution in [2.24, 2.45) is 22.8 Å². The summed E-state index contributed by atoms with van der Waals surface area (Å²) in [7, 11) is 0. The van der Waals surface area contributed by atoms with Crippen LogP contribution in [0, 0.1) is 11.3 Å². The number of ether oxygens (including phenoxy) is 1. The lowest BCUT2D eigenvalue weighted by Gasteiger charge is -2.29. The molecule has 0 aromatic rings. The molecule has 0 bridgehead atoms. The number of rotatable bonds is 4. The van der Waals surface area contributed by atoms with Crippen LogP contribution >= 0.6 is 0 Å². The van der Waals surface area contributed by atoms with Gasteiger partial charge in [0.2, 0.25) is 0 Å². The van der Waals surface area contributed by atoms with Crippen LogP contribution in [0.2, 0.25) is 0 Å². The molecule has 110 valence electrons. The van der Waals surface area contributed by atoms with Gasteiger partial charge in [-0.25, -0.2) is 0 Å². The van der Waals surface area contributed by atoms with Crippen molar-refractivity contribution in [1.29, 1.82) is 0 Å². The van der Waals surface area contributed by atoms with E-state index in [1.54, 1.807) is 0 Å². The number of fused-ring (bicyclic) bond motifs is 1. The standard InChI is InChI=1S/C9H12O3.C4H13N3/c1-9-5-3-2-4-6(9)7(10)12-8(9)11;5-1-3-7-4-2-6/h6H,2-5H2,1H3;7H,1-6H2. The van der Waals surface area contributed by atoms with Crippen LogP contribution in [0.1, 0.15) is 32.6 Å². The first-order valence-corrected chi connectivity index (χ1v) is 6.93. The first-order valence-electron chi connectivity index (χ1n) is 6.93. The first-order chi connectivity index (χ1) is 9.06. The molecule has 1 aliphatic heterocycles. The van der Waals surface area contributed by atoms with Crippen LogP contribution < -0.4 is 16.8 Å². The van der Waals surface area contributed by atoms with Crippen LogP contribution in [-0.4, -0.2) is 38.1 Å². The van der Waals surface area contributed by atoms with Crippen molar-refractivity contribution in [2.45, 2.75) is 32.6 Å². The number of hydrogen-bond acceptors (Lipinski definition) is 6. The molecule has 1 saturated heterocycles. The molecule has 1 aliphatic carbocycles. The molecule has 0 aromatic heterocycles. The van der Waals surface area contributed by atoms with Gasteiger partial charge in [-0.2, -0.15) is 0 Å². The van der Waals surface area contributed by atoms with E-state index in [1.165, 1.54) is 0 Å². The lowest BCUT2D eigenvalue weighted by atomic mass is 9.69. The van der Waals surface area contributed by atoms with E-state index in [-0.39, 0.29) is 17.9 Å². The molecule has 19 heavy (non-hydrogen) atoms. The molecule has 2 aliphatic rings. The normalized spacial score (nSPS) is 29.3. The second kappa shape index (κ2) is 7.57. The Labute approximate surface area is 114 Å². The summed E-state index contributed by atoms with van der Waals surface area (Å²) >= 11 is 0. The smallest absolute Gasteiger partial charge is 0.320 e. The minimum Gasteiger partial charge on any atom is -0.392 e. The second-order valence-electron chi connectivity index (χ2n) is 5.25. The van der Waals surface area contributed by atoms with Gasteiger partial charge in [-0.05, 0) is 19.8 Å². The molecule has 0 spiro atoms. The Hall–Kier alpha value is -0.980. The van der Waals surface area contributed by atoms with E-state index < -0.39 is 5.41 Å². The highest BCUT2D eigenvalue weighted by molar-refractivity contribution is 5.99. The van der Waals surface area contributed by atoms with Gasteiger partial charge < -0.3 is 21.5 Å². The molecule has 0 amide bonds. The van der Waals surface area contributed by atoms with E-state index >= 15 is 0 Å². The van der Waals surface area contributed by atoms with E-state index in [1.807, 2.05) is 6.92 Å². The molecule has 0 aromatic carbocycles. The SMILES string of the molecule is CC12CCCCC1C(=O)OC2=O.NCCNCCN. The van der Waals surface area contributed by atoms with Crippen LogP contribution in [0.25, 0.3) is 0 Å². The zero-order valence-corrected chi connectivity index (χ0v) is 11.6. The average molecular weight is 271 g/mol. The first kappa shape index (κ1) is 16.1. The summed E-state index contributed by atoms with van der Waals surface area (Å²) in [5.41, 5.74) is 9.84. The molecule has 6 heteroatoms. The highest BCUT2D eigenvalue weighted by Gasteiger charge is 2.54. The Morgan fingerprint density at radius 2 is 1.89 bits per heavy atom. The van der Waals surface area contributed by atoms with Crippen LogP contribution in [0.4, 0.5) is 0 Å². The molecule has 5 N–H and O–H groups in total. The molecule has 2 fully saturated rings. The quantitative estimate of drug-likeness (QED) is 0.370. The third-order valence-electron chi connectivity index (χ3n) is 3.79. The predicted molar refractivity (Wildman–Crippen MR) is 72.1 cm³/mol. The fourth-order valence-corrected chi connectivity index (χ4v) is 2.56. The van der Waals surface area contributed by atoms with Crippen molar-refractivity contribution >= 4 is 11.9 Å². The fourth-order valence-electron chi connectivity index (χ4n) is 2.56. The van der Waals surface area contributed by atoms with E-state index in [2.05, 4.69) is 10.1 Å². The van der Waals surface area contributed by atoms with Crippen LogP contribution in [0.15, 0.2) is 0 Å². The van der Waals surface area contributed by atoms with Crippen molar-refractivity contribution in [3.63, 3.8) is 0 Å². The number of carbonyl (C=O) groups excluding carboxylic acids is 2. The van der Waals surface area contributed by atoms with Gasteiger partial charge in [-0.3, -0.25) is 9.59 Å². The topological polar surface area (TPSA) is 107 Å². The molecule has 1 heterocycles. The summed E-state index contributed by atoms with van der Waals surface area (Å²) in [4.78, 5) is 22.5. The van der Waals surface area contributed by atoms with E-state index in [9.17, 15) is 9.59 Å². The van der Waals surface area contributed by atoms with Crippen molar-refractivity contribution < 1.29 is 14.3 Å². The number of cyclic esters (lactones) is 2. The molecular formula is C13H25N3O3. The monoisotopic (exact) mass is 271 g/mol. The van der Waals surface area contributed by atoms with Gasteiger partial charge in [0.25, 0.3) is 0 Å². The maximum Gasteiger partial charge on any atom is 0.320 e. The summed E-state index contributed by atoms with van der Waals surface area (Å²) in [5.74, 6) is -0.766. The lowest BCUT2D eigenvalue weighted by molar-refractivity contribution is -0.155. The molecular weight excluding hydrogens is 246 g/mol. The minimum absolute atomic E-state index is 0.154. The van der Waals surface area contributed by atoms with Crippen LogP contribution in [0.3, 0.4) is 0 Å². The Morgan fingerprint density at radius 1 is 1.26 bits per heavy atom. The third-order valence-corrected chi connectivity index (χ3v) is 3.79. The highest BCUT2D eigenvalue weighted by Crippen LogP contribution is 2.46. The largest absolute Gasteiger partial charge is 0.392 e. The van der Waals surface area contributed by atoms with E-state index in [0.29, 0.717) is 13.1 Å². The predicted octanol–water partition coefficient (Wildman–Crippen LogP) is -0.240. The highest BCUT2D eigenvalue weighted by atomic mass is 16.6. The Bertz CT molecular complexity index is 318. The zero-order valence-electron chi connectivity index (χ0n) is 11.6. The van der Waals surface area contributed by atoms with Gasteiger partial charge in [0, 0.05) is 26.2 Å². The molecule has 2 atom stereocenters. The van der Waals surface area contributed by atoms with Gasteiger partial charge in [0.1, 0.15) is 0 Å². The number of esters is 2. The summed E-state index contributed by atoms with van der Waals surface area (Å²) in [5, 5.41) is 3.03. The third kappa shape index (κ3) is 3.99. The lowest BCUT2D eigenvalue weighted by Crippen LogP contribution is -2.33. The number of nitrogens with two attached hydrogens (primary N) is 2. The second-order valence-corrected chi connectivity index (χ2v) is 5.25. The average Bonchev–Trinajstić information content (AvgIpc) is 2.62. The summed E-state index contributed by atoms with van der Waals surface area (Å²) in [6.45, 7) is 4.98.